The first-order chi connectivity index (χ1) is 3.89. The van der Waals surface area contributed by atoms with Crippen LogP contribution in [-0.2, 0) is 0 Å². The zero-order chi connectivity index (χ0) is 5.82. The molecule has 0 fully saturated rings. The Kier molecular flexibility index (Phi) is 1.69. The van der Waals surface area contributed by atoms with Crippen molar-refractivity contribution in [2.45, 2.75) is 0 Å². The second kappa shape index (κ2) is 2.52. The van der Waals surface area contributed by atoms with E-state index in [9.17, 15) is 0 Å². The summed E-state index contributed by atoms with van der Waals surface area (Å²) in [5, 5.41) is 1.81. The molecule has 0 unspecified atom stereocenters. The molecular weight excluding hydrogens is 122 g/mol. The second-order valence-corrected chi connectivity index (χ2v) is 1.83. The average Bonchev–Trinajstić information content (AvgIpc) is 1.94. The Balaban J connectivity index is 2.69. The summed E-state index contributed by atoms with van der Waals surface area (Å²) in [6.07, 6.45) is 3.40. The summed E-state index contributed by atoms with van der Waals surface area (Å²) >= 11 is 1.28. The van der Waals surface area contributed by atoms with Gasteiger partial charge in [0.15, 0.2) is 0 Å². The van der Waals surface area contributed by atoms with Gasteiger partial charge in [0.1, 0.15) is 0 Å². The molecular formula is C4H5N3S. The zero-order valence-electron chi connectivity index (χ0n) is 4.11. The monoisotopic (exact) mass is 127 g/mol. The van der Waals surface area contributed by atoms with E-state index < -0.39 is 0 Å². The van der Waals surface area contributed by atoms with E-state index >= 15 is 0 Å². The highest BCUT2D eigenvalue weighted by Gasteiger charge is 1.84. The van der Waals surface area contributed by atoms with Gasteiger partial charge < -0.3 is 5.73 Å². The highest BCUT2D eigenvalue weighted by Crippen LogP contribution is 2.04. The largest absolute Gasteiger partial charge is 0.367 e. The van der Waals surface area contributed by atoms with Crippen molar-refractivity contribution in [3.63, 3.8) is 0 Å². The van der Waals surface area contributed by atoms with Crippen LogP contribution in [0.3, 0.4) is 0 Å². The quantitative estimate of drug-likeness (QED) is 0.483. The first-order valence-corrected chi connectivity index (χ1v) is 2.92. The summed E-state index contributed by atoms with van der Waals surface area (Å²) in [5.41, 5.74) is 5.23. The van der Waals surface area contributed by atoms with Gasteiger partial charge in [-0.3, -0.25) is 0 Å². The van der Waals surface area contributed by atoms with E-state index in [0.29, 0.717) is 5.96 Å². The van der Waals surface area contributed by atoms with E-state index in [4.69, 9.17) is 5.73 Å². The third-order valence-corrected chi connectivity index (χ3v) is 1.15. The van der Waals surface area contributed by atoms with Crippen LogP contribution in [0.25, 0.3) is 0 Å². The van der Waals surface area contributed by atoms with Crippen LogP contribution in [0.15, 0.2) is 20.9 Å². The lowest BCUT2D eigenvalue weighted by Gasteiger charge is -1.81. The molecule has 1 aliphatic heterocycles. The maximum atomic E-state index is 5.23. The van der Waals surface area contributed by atoms with Gasteiger partial charge in [0.25, 0.3) is 0 Å². The molecule has 1 heterocycles. The minimum Gasteiger partial charge on any atom is -0.367 e. The van der Waals surface area contributed by atoms with Gasteiger partial charge in [-0.15, -0.1) is 0 Å². The summed E-state index contributed by atoms with van der Waals surface area (Å²) in [5.74, 6) is 0.319. The molecule has 0 aliphatic carbocycles. The Hall–Kier alpha value is -0.770. The van der Waals surface area contributed by atoms with Crippen molar-refractivity contribution in [2.75, 3.05) is 0 Å². The molecule has 0 radical (unpaired) electrons. The van der Waals surface area contributed by atoms with Gasteiger partial charge in [-0.2, -0.15) is 4.40 Å². The summed E-state index contributed by atoms with van der Waals surface area (Å²) in [6, 6.07) is 0. The van der Waals surface area contributed by atoms with E-state index in [1.54, 1.807) is 12.3 Å². The van der Waals surface area contributed by atoms with Crippen LogP contribution in [0.1, 0.15) is 0 Å². The number of rotatable bonds is 0. The molecule has 8 heavy (non-hydrogen) atoms. The molecule has 0 aromatic carbocycles. The normalized spacial score (nSPS) is 17.8. The Morgan fingerprint density at radius 3 is 3.38 bits per heavy atom. The maximum absolute atomic E-state index is 5.23. The maximum Gasteiger partial charge on any atom is 0.227 e. The lowest BCUT2D eigenvalue weighted by Crippen LogP contribution is -2.05. The number of allylic oxidation sites excluding steroid dienone is 1. The van der Waals surface area contributed by atoms with Crippen molar-refractivity contribution < 1.29 is 0 Å². The first kappa shape index (κ1) is 5.37. The van der Waals surface area contributed by atoms with Crippen molar-refractivity contribution in [3.8, 4) is 0 Å². The third-order valence-electron chi connectivity index (χ3n) is 0.579. The van der Waals surface area contributed by atoms with Crippen LogP contribution in [0.5, 0.6) is 0 Å². The Labute approximate surface area is 51.5 Å². The molecule has 0 bridgehead atoms. The van der Waals surface area contributed by atoms with Crippen LogP contribution in [-0.4, -0.2) is 12.2 Å². The molecule has 42 valence electrons. The smallest absolute Gasteiger partial charge is 0.227 e. The molecule has 2 N–H and O–H groups in total. The third kappa shape index (κ3) is 1.38. The molecule has 0 saturated heterocycles. The first-order valence-electron chi connectivity index (χ1n) is 2.08. The molecule has 1 aliphatic rings. The summed E-state index contributed by atoms with van der Waals surface area (Å²) in [4.78, 5) is 3.72. The van der Waals surface area contributed by atoms with Crippen molar-refractivity contribution in [3.05, 3.63) is 11.5 Å². The van der Waals surface area contributed by atoms with Crippen LogP contribution >= 0.6 is 11.9 Å². The number of nitrogens with two attached hydrogens (primary N) is 1. The summed E-state index contributed by atoms with van der Waals surface area (Å²) in [6.45, 7) is 0. The summed E-state index contributed by atoms with van der Waals surface area (Å²) in [7, 11) is 0. The highest BCUT2D eigenvalue weighted by atomic mass is 32.2. The van der Waals surface area contributed by atoms with E-state index in [0.717, 1.165) is 0 Å². The molecule has 0 aromatic heterocycles. The number of hydrogen-bond donors (Lipinski definition) is 1. The second-order valence-electron chi connectivity index (χ2n) is 1.16. The number of aliphatic imine (C=N–C) groups is 1. The van der Waals surface area contributed by atoms with Crippen molar-refractivity contribution in [1.29, 1.82) is 0 Å². The predicted molar refractivity (Wildman–Crippen MR) is 36.8 cm³/mol. The molecule has 0 atom stereocenters. The lowest BCUT2D eigenvalue weighted by molar-refractivity contribution is 1.54. The number of nitrogens with zero attached hydrogens (tertiary/aromatic N) is 2. The molecule has 0 amide bonds. The van der Waals surface area contributed by atoms with Crippen LogP contribution in [0.2, 0.25) is 0 Å². The fourth-order valence-electron chi connectivity index (χ4n) is 0.298. The Bertz CT molecular complexity index is 156. The molecule has 0 spiro atoms. The minimum absolute atomic E-state index is 0.319. The van der Waals surface area contributed by atoms with E-state index in [-0.39, 0.29) is 0 Å². The fourth-order valence-corrected chi connectivity index (χ4v) is 0.654. The van der Waals surface area contributed by atoms with Crippen LogP contribution in [0.4, 0.5) is 0 Å². The SMILES string of the molecule is NC1=NSC=CC=N1. The van der Waals surface area contributed by atoms with Gasteiger partial charge in [-0.25, -0.2) is 4.99 Å². The lowest BCUT2D eigenvalue weighted by atomic mass is 10.7. The van der Waals surface area contributed by atoms with Gasteiger partial charge in [0.05, 0.1) is 0 Å². The molecule has 0 aromatic rings. The van der Waals surface area contributed by atoms with Gasteiger partial charge >= 0.3 is 0 Å². The molecule has 3 nitrogen and oxygen atoms in total. The van der Waals surface area contributed by atoms with E-state index in [1.165, 1.54) is 11.9 Å². The van der Waals surface area contributed by atoms with Crippen molar-refractivity contribution >= 4 is 24.1 Å². The van der Waals surface area contributed by atoms with Crippen LogP contribution in [0, 0.1) is 0 Å². The minimum atomic E-state index is 0.319. The van der Waals surface area contributed by atoms with E-state index in [2.05, 4.69) is 9.39 Å². The standard InChI is InChI=1S/C4H5N3S/c5-4-6-2-1-3-8-7-4/h1-3H,(H2,5,7). The number of hydrogen-bond acceptors (Lipinski definition) is 4. The van der Waals surface area contributed by atoms with Crippen molar-refractivity contribution in [2.24, 2.45) is 15.1 Å². The average molecular weight is 127 g/mol. The predicted octanol–water partition coefficient (Wildman–Crippen LogP) is 0.547. The zero-order valence-corrected chi connectivity index (χ0v) is 4.93. The Morgan fingerprint density at radius 1 is 1.62 bits per heavy atom. The Morgan fingerprint density at radius 2 is 2.50 bits per heavy atom. The molecule has 4 heteroatoms. The topological polar surface area (TPSA) is 50.7 Å². The van der Waals surface area contributed by atoms with Gasteiger partial charge in [0, 0.05) is 18.2 Å². The van der Waals surface area contributed by atoms with Gasteiger partial charge in [0.2, 0.25) is 5.96 Å². The highest BCUT2D eigenvalue weighted by molar-refractivity contribution is 8.01. The molecule has 0 saturated carbocycles. The van der Waals surface area contributed by atoms with Crippen LogP contribution < -0.4 is 5.73 Å². The summed E-state index contributed by atoms with van der Waals surface area (Å²) < 4.78 is 3.75. The molecule has 1 rings (SSSR count). The van der Waals surface area contributed by atoms with E-state index in [1.807, 2.05) is 5.41 Å². The fraction of sp³-hybridized carbons (Fsp3) is 0. The van der Waals surface area contributed by atoms with Gasteiger partial charge in [-0.1, -0.05) is 0 Å². The van der Waals surface area contributed by atoms with Gasteiger partial charge in [-0.05, 0) is 11.5 Å². The number of guanidine groups is 1. The van der Waals surface area contributed by atoms with Crippen molar-refractivity contribution in [1.82, 2.24) is 0 Å².